The molecule has 1 aromatic rings. The highest BCUT2D eigenvalue weighted by molar-refractivity contribution is 6.02. The fourth-order valence-corrected chi connectivity index (χ4v) is 6.85. The van der Waals surface area contributed by atoms with Crippen LogP contribution in [-0.2, 0) is 19.1 Å². The minimum atomic E-state index is -1.13. The summed E-state index contributed by atoms with van der Waals surface area (Å²) in [5, 5.41) is 6.26. The first kappa shape index (κ1) is 26.7. The van der Waals surface area contributed by atoms with Crippen LogP contribution >= 0.6 is 0 Å². The van der Waals surface area contributed by atoms with Crippen molar-refractivity contribution in [1.82, 2.24) is 10.2 Å². The topological polar surface area (TPSA) is 97.0 Å². The molecule has 38 heavy (non-hydrogen) atoms. The molecular weight excluding hydrogens is 482 g/mol. The average molecular weight is 524 g/mol. The predicted molar refractivity (Wildman–Crippen MR) is 144 cm³/mol. The molecule has 1 saturated carbocycles. The van der Waals surface area contributed by atoms with Gasteiger partial charge >= 0.3 is 0 Å². The minimum absolute atomic E-state index is 0.0699. The van der Waals surface area contributed by atoms with Crippen molar-refractivity contribution in [1.29, 1.82) is 0 Å². The summed E-state index contributed by atoms with van der Waals surface area (Å²) in [4.78, 5) is 43.2. The lowest BCUT2D eigenvalue weighted by atomic mass is 9.73. The molecule has 2 bridgehead atoms. The average Bonchev–Trinajstić information content (AvgIpc) is 3.53. The lowest BCUT2D eigenvalue weighted by Crippen LogP contribution is -2.58. The van der Waals surface area contributed by atoms with Gasteiger partial charge in [-0.1, -0.05) is 52.7 Å². The molecular formula is C30H41N3O5. The van der Waals surface area contributed by atoms with Crippen LogP contribution in [0.1, 0.15) is 53.4 Å². The van der Waals surface area contributed by atoms with Crippen molar-refractivity contribution in [3.05, 3.63) is 36.4 Å². The molecule has 206 valence electrons. The number of rotatable bonds is 8. The van der Waals surface area contributed by atoms with Gasteiger partial charge in [0.1, 0.15) is 17.4 Å². The first-order valence-electron chi connectivity index (χ1n) is 14.1. The van der Waals surface area contributed by atoms with E-state index in [1.54, 1.807) is 36.3 Å². The van der Waals surface area contributed by atoms with Crippen LogP contribution in [0.5, 0.6) is 5.75 Å². The molecule has 1 aromatic carbocycles. The fourth-order valence-electron chi connectivity index (χ4n) is 6.85. The van der Waals surface area contributed by atoms with Crippen LogP contribution in [0.15, 0.2) is 36.4 Å². The van der Waals surface area contributed by atoms with E-state index in [4.69, 9.17) is 9.47 Å². The molecule has 4 aliphatic rings. The van der Waals surface area contributed by atoms with Crippen molar-refractivity contribution in [2.24, 2.45) is 29.6 Å². The van der Waals surface area contributed by atoms with E-state index in [9.17, 15) is 14.4 Å². The van der Waals surface area contributed by atoms with Gasteiger partial charge in [0.15, 0.2) is 0 Å². The highest BCUT2D eigenvalue weighted by Gasteiger charge is 2.72. The summed E-state index contributed by atoms with van der Waals surface area (Å²) >= 11 is 0. The van der Waals surface area contributed by atoms with E-state index >= 15 is 0 Å². The number of carbonyl (C=O) groups excluding carboxylic acids is 3. The van der Waals surface area contributed by atoms with E-state index in [2.05, 4.69) is 38.3 Å². The summed E-state index contributed by atoms with van der Waals surface area (Å²) in [7, 11) is 1.59. The van der Waals surface area contributed by atoms with Crippen molar-refractivity contribution < 1.29 is 23.9 Å². The molecule has 0 radical (unpaired) electrons. The van der Waals surface area contributed by atoms with Crippen LogP contribution in [0.25, 0.3) is 0 Å². The number of hydrogen-bond acceptors (Lipinski definition) is 5. The normalized spacial score (nSPS) is 35.5. The molecule has 3 fully saturated rings. The molecule has 8 atom stereocenters. The quantitative estimate of drug-likeness (QED) is 0.506. The molecule has 8 nitrogen and oxygen atoms in total. The summed E-state index contributed by atoms with van der Waals surface area (Å²) in [6.07, 6.45) is 7.15. The Labute approximate surface area is 225 Å². The fraction of sp³-hybridized carbons (Fsp3) is 0.633. The molecule has 2 saturated heterocycles. The first-order chi connectivity index (χ1) is 18.2. The molecule has 8 heteroatoms. The zero-order valence-electron chi connectivity index (χ0n) is 23.1. The number of fused-ring (bicyclic) bond motifs is 1. The number of nitrogens with zero attached hydrogens (tertiary/aromatic N) is 1. The van der Waals surface area contributed by atoms with Crippen molar-refractivity contribution in [3.63, 3.8) is 0 Å². The van der Waals surface area contributed by atoms with Gasteiger partial charge in [0, 0.05) is 18.3 Å². The van der Waals surface area contributed by atoms with Crippen molar-refractivity contribution in [3.8, 4) is 5.75 Å². The summed E-state index contributed by atoms with van der Waals surface area (Å²) < 4.78 is 11.7. The molecule has 2 N–H and O–H groups in total. The van der Waals surface area contributed by atoms with Gasteiger partial charge in [0.2, 0.25) is 17.7 Å². The lowest BCUT2D eigenvalue weighted by Gasteiger charge is -2.38. The number of likely N-dealkylation sites (tertiary alicyclic amines) is 1. The predicted octanol–water partition coefficient (Wildman–Crippen LogP) is 3.77. The van der Waals surface area contributed by atoms with Crippen molar-refractivity contribution >= 4 is 23.4 Å². The van der Waals surface area contributed by atoms with Gasteiger partial charge in [-0.25, -0.2) is 0 Å². The third-order valence-electron chi connectivity index (χ3n) is 9.26. The summed E-state index contributed by atoms with van der Waals surface area (Å²) in [5.41, 5.74) is -0.512. The Balaban J connectivity index is 1.41. The van der Waals surface area contributed by atoms with Crippen molar-refractivity contribution in [2.75, 3.05) is 19.0 Å². The van der Waals surface area contributed by atoms with Gasteiger partial charge in [0.05, 0.1) is 25.0 Å². The number of hydrogen-bond donors (Lipinski definition) is 2. The molecule has 0 aromatic heterocycles. The van der Waals surface area contributed by atoms with Crippen LogP contribution in [0.4, 0.5) is 5.69 Å². The van der Waals surface area contributed by atoms with E-state index in [-0.39, 0.29) is 23.8 Å². The van der Waals surface area contributed by atoms with E-state index in [0.29, 0.717) is 35.7 Å². The highest BCUT2D eigenvalue weighted by atomic mass is 16.5. The Bertz CT molecular complexity index is 1100. The van der Waals surface area contributed by atoms with Crippen LogP contribution in [0.2, 0.25) is 0 Å². The third kappa shape index (κ3) is 4.51. The second-order valence-electron chi connectivity index (χ2n) is 12.0. The van der Waals surface area contributed by atoms with Crippen LogP contribution < -0.4 is 15.4 Å². The molecule has 3 amide bonds. The number of carbonyl (C=O) groups is 3. The van der Waals surface area contributed by atoms with E-state index < -0.39 is 29.6 Å². The van der Waals surface area contributed by atoms with Crippen LogP contribution in [0.3, 0.4) is 0 Å². The maximum atomic E-state index is 14.0. The lowest BCUT2D eigenvalue weighted by molar-refractivity contribution is -0.141. The Morgan fingerprint density at radius 1 is 1.16 bits per heavy atom. The summed E-state index contributed by atoms with van der Waals surface area (Å²) in [6.45, 7) is 9.10. The zero-order chi connectivity index (χ0) is 27.2. The maximum absolute atomic E-state index is 14.0. The third-order valence-corrected chi connectivity index (χ3v) is 9.26. The molecule has 1 spiro atoms. The summed E-state index contributed by atoms with van der Waals surface area (Å²) in [6, 6.07) is 6.37. The number of nitrogens with one attached hydrogen (secondary N) is 2. The van der Waals surface area contributed by atoms with E-state index in [0.717, 1.165) is 19.3 Å². The number of benzene rings is 1. The van der Waals surface area contributed by atoms with E-state index in [1.165, 1.54) is 6.42 Å². The van der Waals surface area contributed by atoms with Gasteiger partial charge < -0.3 is 25.0 Å². The zero-order valence-corrected chi connectivity index (χ0v) is 23.1. The maximum Gasteiger partial charge on any atom is 0.246 e. The Hall–Kier alpha value is -2.87. The highest BCUT2D eigenvalue weighted by Crippen LogP contribution is 2.55. The number of amides is 3. The monoisotopic (exact) mass is 523 g/mol. The van der Waals surface area contributed by atoms with Crippen LogP contribution in [0, 0.1) is 29.6 Å². The molecule has 3 heterocycles. The van der Waals surface area contributed by atoms with Gasteiger partial charge in [-0.15, -0.1) is 0 Å². The molecule has 1 aliphatic carbocycles. The Morgan fingerprint density at radius 2 is 1.89 bits per heavy atom. The molecule has 8 unspecified atom stereocenters. The second-order valence-corrected chi connectivity index (χ2v) is 12.0. The SMILES string of the molecule is COc1ccc(NC(=O)C2C3C=CC4(O3)C2C(=O)N(CCC(C)C)C4C(=O)NC2CCCC(C)C2C)cc1. The Morgan fingerprint density at radius 3 is 2.58 bits per heavy atom. The number of anilines is 1. The van der Waals surface area contributed by atoms with E-state index in [1.807, 2.05) is 12.2 Å². The minimum Gasteiger partial charge on any atom is -0.497 e. The van der Waals surface area contributed by atoms with Gasteiger partial charge in [0.25, 0.3) is 0 Å². The number of methoxy groups -OCH3 is 1. The van der Waals surface area contributed by atoms with Gasteiger partial charge in [-0.2, -0.15) is 0 Å². The van der Waals surface area contributed by atoms with Crippen molar-refractivity contribution in [2.45, 2.75) is 77.2 Å². The Kier molecular flexibility index (Phi) is 7.29. The largest absolute Gasteiger partial charge is 0.497 e. The smallest absolute Gasteiger partial charge is 0.246 e. The van der Waals surface area contributed by atoms with Gasteiger partial charge in [-0.3, -0.25) is 14.4 Å². The first-order valence-corrected chi connectivity index (χ1v) is 14.1. The van der Waals surface area contributed by atoms with Crippen LogP contribution in [-0.4, -0.2) is 60.1 Å². The number of ether oxygens (including phenoxy) is 2. The van der Waals surface area contributed by atoms with Gasteiger partial charge in [-0.05, 0) is 54.9 Å². The molecule has 5 rings (SSSR count). The summed E-state index contributed by atoms with van der Waals surface area (Å²) in [5.74, 6) is -0.0997. The second kappa shape index (κ2) is 10.4. The standard InChI is InChI=1S/C30H41N3O5/c1-17(2)14-16-33-26(28(35)32-22-8-6-7-18(3)19(22)4)30-15-13-23(38-30)24(25(30)29(33)36)27(34)31-20-9-11-21(37-5)12-10-20/h9-13,15,17-19,22-26H,6-8,14,16H2,1-5H3,(H,31,34)(H,32,35). The molecule has 3 aliphatic heterocycles.